The van der Waals surface area contributed by atoms with Gasteiger partial charge in [-0.2, -0.15) is 0 Å². The second kappa shape index (κ2) is 11.3. The zero-order chi connectivity index (χ0) is 20.7. The van der Waals surface area contributed by atoms with Gasteiger partial charge < -0.3 is 24.8 Å². The predicted molar refractivity (Wildman–Crippen MR) is 132 cm³/mol. The van der Waals surface area contributed by atoms with Crippen molar-refractivity contribution in [2.75, 3.05) is 34.4 Å². The number of nitrogens with one attached hydrogen (secondary N) is 2. The largest absolute Gasteiger partial charge is 0.493 e. The summed E-state index contributed by atoms with van der Waals surface area (Å²) < 4.78 is 16.6. The van der Waals surface area contributed by atoms with E-state index in [2.05, 4.69) is 46.0 Å². The molecule has 0 bridgehead atoms. The minimum Gasteiger partial charge on any atom is -0.493 e. The van der Waals surface area contributed by atoms with E-state index in [-0.39, 0.29) is 29.4 Å². The van der Waals surface area contributed by atoms with Crippen molar-refractivity contribution in [1.82, 2.24) is 10.6 Å². The van der Waals surface area contributed by atoms with E-state index in [9.17, 15) is 0 Å². The highest BCUT2D eigenvalue weighted by atomic mass is 127. The molecule has 0 unspecified atom stereocenters. The number of benzene rings is 2. The van der Waals surface area contributed by atoms with Gasteiger partial charge in [0.2, 0.25) is 5.75 Å². The van der Waals surface area contributed by atoms with Gasteiger partial charge in [0.25, 0.3) is 0 Å². The van der Waals surface area contributed by atoms with Crippen molar-refractivity contribution >= 4 is 29.9 Å². The molecule has 0 saturated heterocycles. The van der Waals surface area contributed by atoms with Gasteiger partial charge in [-0.3, -0.25) is 4.99 Å². The number of hydrogen-bond donors (Lipinski definition) is 2. The second-order valence-electron chi connectivity index (χ2n) is 7.19. The highest BCUT2D eigenvalue weighted by molar-refractivity contribution is 14.0. The number of hydrogen-bond acceptors (Lipinski definition) is 4. The molecule has 0 heterocycles. The van der Waals surface area contributed by atoms with Gasteiger partial charge in [-0.15, -0.1) is 24.0 Å². The number of methoxy groups -OCH3 is 2. The summed E-state index contributed by atoms with van der Waals surface area (Å²) in [5.41, 5.74) is 2.64. The molecule has 7 heteroatoms. The molecule has 2 aromatic carbocycles. The number of halogens is 1. The number of ether oxygens (including phenoxy) is 3. The zero-order valence-electron chi connectivity index (χ0n) is 18.2. The fourth-order valence-corrected chi connectivity index (χ4v) is 3.49. The van der Waals surface area contributed by atoms with Gasteiger partial charge >= 0.3 is 0 Å². The molecule has 0 radical (unpaired) electrons. The lowest BCUT2D eigenvalue weighted by Crippen LogP contribution is -2.40. The molecule has 0 aromatic heterocycles. The van der Waals surface area contributed by atoms with Gasteiger partial charge in [-0.25, -0.2) is 0 Å². The molecular formula is C23H32IN3O3. The third-order valence-corrected chi connectivity index (χ3v) is 5.33. The van der Waals surface area contributed by atoms with E-state index in [1.54, 1.807) is 21.3 Å². The molecule has 6 nitrogen and oxygen atoms in total. The molecule has 1 saturated carbocycles. The molecule has 1 fully saturated rings. The van der Waals surface area contributed by atoms with E-state index < -0.39 is 0 Å². The Bertz CT molecular complexity index is 814. The Labute approximate surface area is 196 Å². The average molecular weight is 525 g/mol. The van der Waals surface area contributed by atoms with Crippen LogP contribution in [0.25, 0.3) is 0 Å². The summed E-state index contributed by atoms with van der Waals surface area (Å²) in [4.78, 5) is 4.37. The molecule has 1 aliphatic rings. The molecule has 0 amide bonds. The maximum Gasteiger partial charge on any atom is 0.203 e. The molecule has 0 spiro atoms. The van der Waals surface area contributed by atoms with Crippen LogP contribution in [0.5, 0.6) is 17.2 Å². The number of aliphatic imine (C=N–C) groups is 1. The normalized spacial score (nSPS) is 14.3. The first-order valence-corrected chi connectivity index (χ1v) is 10.0. The lowest BCUT2D eigenvalue weighted by Gasteiger charge is -2.20. The van der Waals surface area contributed by atoms with Crippen LogP contribution >= 0.6 is 24.0 Å². The quantitative estimate of drug-likeness (QED) is 0.293. The Hall–Kier alpha value is -2.16. The Morgan fingerprint density at radius 1 is 1.03 bits per heavy atom. The molecule has 3 rings (SSSR count). The predicted octanol–water partition coefficient (Wildman–Crippen LogP) is 4.12. The molecule has 1 aliphatic carbocycles. The monoisotopic (exact) mass is 525 g/mol. The van der Waals surface area contributed by atoms with E-state index in [1.807, 2.05) is 19.1 Å². The van der Waals surface area contributed by atoms with Crippen LogP contribution in [0.15, 0.2) is 47.5 Å². The zero-order valence-corrected chi connectivity index (χ0v) is 20.5. The van der Waals surface area contributed by atoms with Crippen LogP contribution in [0.1, 0.15) is 30.9 Å². The lowest BCUT2D eigenvalue weighted by atomic mass is 9.96. The van der Waals surface area contributed by atoms with E-state index in [0.717, 1.165) is 18.1 Å². The van der Waals surface area contributed by atoms with Crippen molar-refractivity contribution in [3.8, 4) is 17.2 Å². The Balaban J connectivity index is 0.00000320. The van der Waals surface area contributed by atoms with Crippen LogP contribution in [0.4, 0.5) is 0 Å². The molecule has 30 heavy (non-hydrogen) atoms. The first kappa shape index (κ1) is 24.1. The van der Waals surface area contributed by atoms with Crippen molar-refractivity contribution in [2.24, 2.45) is 4.99 Å². The van der Waals surface area contributed by atoms with Gasteiger partial charge in [0.15, 0.2) is 17.5 Å². The molecule has 2 N–H and O–H groups in total. The van der Waals surface area contributed by atoms with Gasteiger partial charge in [-0.05, 0) is 43.0 Å². The third kappa shape index (κ3) is 5.71. The van der Waals surface area contributed by atoms with Crippen LogP contribution in [-0.4, -0.2) is 40.4 Å². The van der Waals surface area contributed by atoms with E-state index in [0.29, 0.717) is 30.4 Å². The SMILES string of the molecule is CCOc1c(OC)cc(CNC(=NC)NCC2(c3ccccc3)CC2)cc1OC.I. The van der Waals surface area contributed by atoms with Crippen molar-refractivity contribution in [2.45, 2.75) is 31.7 Å². The van der Waals surface area contributed by atoms with E-state index in [4.69, 9.17) is 14.2 Å². The summed E-state index contributed by atoms with van der Waals surface area (Å²) in [6.07, 6.45) is 2.41. The minimum atomic E-state index is 0. The maximum absolute atomic E-state index is 5.67. The lowest BCUT2D eigenvalue weighted by molar-refractivity contribution is 0.288. The van der Waals surface area contributed by atoms with Crippen LogP contribution < -0.4 is 24.8 Å². The molecule has 164 valence electrons. The summed E-state index contributed by atoms with van der Waals surface area (Å²) >= 11 is 0. The highest BCUT2D eigenvalue weighted by Crippen LogP contribution is 2.47. The van der Waals surface area contributed by atoms with E-state index >= 15 is 0 Å². The first-order chi connectivity index (χ1) is 14.2. The molecular weight excluding hydrogens is 493 g/mol. The molecule has 2 aromatic rings. The van der Waals surface area contributed by atoms with Gasteiger partial charge in [0.1, 0.15) is 0 Å². The van der Waals surface area contributed by atoms with Crippen molar-refractivity contribution < 1.29 is 14.2 Å². The number of nitrogens with zero attached hydrogens (tertiary/aromatic N) is 1. The minimum absolute atomic E-state index is 0. The van der Waals surface area contributed by atoms with Gasteiger partial charge in [0, 0.05) is 25.6 Å². The Morgan fingerprint density at radius 2 is 1.67 bits per heavy atom. The van der Waals surface area contributed by atoms with E-state index in [1.165, 1.54) is 18.4 Å². The first-order valence-electron chi connectivity index (χ1n) is 10.0. The number of guanidine groups is 1. The van der Waals surface area contributed by atoms with Gasteiger partial charge in [0.05, 0.1) is 20.8 Å². The Morgan fingerprint density at radius 3 is 2.17 bits per heavy atom. The number of rotatable bonds is 9. The van der Waals surface area contributed by atoms with Crippen molar-refractivity contribution in [3.05, 3.63) is 53.6 Å². The smallest absolute Gasteiger partial charge is 0.203 e. The van der Waals surface area contributed by atoms with Crippen molar-refractivity contribution in [1.29, 1.82) is 0 Å². The fraction of sp³-hybridized carbons (Fsp3) is 0.435. The fourth-order valence-electron chi connectivity index (χ4n) is 3.49. The summed E-state index contributed by atoms with van der Waals surface area (Å²) in [5.74, 6) is 2.72. The Kier molecular flexibility index (Phi) is 9.08. The highest BCUT2D eigenvalue weighted by Gasteiger charge is 2.43. The third-order valence-electron chi connectivity index (χ3n) is 5.33. The second-order valence-corrected chi connectivity index (χ2v) is 7.19. The van der Waals surface area contributed by atoms with Gasteiger partial charge in [-0.1, -0.05) is 30.3 Å². The topological polar surface area (TPSA) is 64.1 Å². The molecule has 0 atom stereocenters. The standard InChI is InChI=1S/C23H31N3O3.HI/c1-5-29-21-19(27-3)13-17(14-20(21)28-4)15-25-22(24-2)26-16-23(11-12-23)18-9-7-6-8-10-18;/h6-10,13-14H,5,11-12,15-16H2,1-4H3,(H2,24,25,26);1H. The van der Waals surface area contributed by atoms with Crippen LogP contribution in [0, 0.1) is 0 Å². The maximum atomic E-state index is 5.67. The summed E-state index contributed by atoms with van der Waals surface area (Å²) in [7, 11) is 5.05. The van der Waals surface area contributed by atoms with Crippen LogP contribution in [0.2, 0.25) is 0 Å². The average Bonchev–Trinajstić information content (AvgIpc) is 3.56. The summed E-state index contributed by atoms with van der Waals surface area (Å²) in [5, 5.41) is 6.86. The summed E-state index contributed by atoms with van der Waals surface area (Å²) in [6, 6.07) is 14.6. The van der Waals surface area contributed by atoms with Crippen LogP contribution in [-0.2, 0) is 12.0 Å². The van der Waals surface area contributed by atoms with Crippen molar-refractivity contribution in [3.63, 3.8) is 0 Å². The van der Waals surface area contributed by atoms with Crippen LogP contribution in [0.3, 0.4) is 0 Å². The molecule has 0 aliphatic heterocycles. The summed E-state index contributed by atoms with van der Waals surface area (Å²) in [6.45, 7) is 3.94.